The van der Waals surface area contributed by atoms with Crippen molar-refractivity contribution in [2.45, 2.75) is 32.6 Å². The molecule has 2 aromatic rings. The van der Waals surface area contributed by atoms with Crippen LogP contribution in [0.4, 0.5) is 5.82 Å². The summed E-state index contributed by atoms with van der Waals surface area (Å²) in [6.07, 6.45) is 0.919. The van der Waals surface area contributed by atoms with E-state index in [9.17, 15) is 0 Å². The number of hydrogen-bond acceptors (Lipinski definition) is 5. The molecule has 2 N–H and O–H groups in total. The van der Waals surface area contributed by atoms with E-state index in [0.29, 0.717) is 17.3 Å². The molecule has 0 spiro atoms. The average molecular weight is 290 g/mol. The first-order valence-electron chi connectivity index (χ1n) is 6.92. The lowest BCUT2D eigenvalue weighted by Gasteiger charge is -2.20. The molecule has 21 heavy (non-hydrogen) atoms. The number of nitrogens with two attached hydrogens (primary N) is 1. The first kappa shape index (κ1) is 15.2. The summed E-state index contributed by atoms with van der Waals surface area (Å²) in [5.74, 6) is 2.50. The number of aromatic nitrogens is 1. The van der Waals surface area contributed by atoms with Gasteiger partial charge >= 0.3 is 0 Å². The fraction of sp³-hybridized carbons (Fsp3) is 0.438. The summed E-state index contributed by atoms with van der Waals surface area (Å²) in [4.78, 5) is 0. The van der Waals surface area contributed by atoms with Gasteiger partial charge < -0.3 is 19.7 Å². The van der Waals surface area contributed by atoms with E-state index >= 15 is 0 Å². The standard InChI is InChI=1S/C16H22N2O3/c1-6-16(2,3)14-13(15(17)18-21-14)10-7-8-11(19-4)12(9-10)20-5/h7-9H,6H2,1-5H3,(H2,17,18). The minimum absolute atomic E-state index is 0.146. The maximum absolute atomic E-state index is 6.01. The van der Waals surface area contributed by atoms with Crippen molar-refractivity contribution < 1.29 is 14.0 Å². The van der Waals surface area contributed by atoms with Gasteiger partial charge in [0.15, 0.2) is 23.1 Å². The molecule has 114 valence electrons. The number of benzene rings is 1. The predicted molar refractivity (Wildman–Crippen MR) is 82.8 cm³/mol. The molecule has 1 heterocycles. The number of rotatable bonds is 5. The highest BCUT2D eigenvalue weighted by Gasteiger charge is 2.29. The molecule has 0 saturated heterocycles. The van der Waals surface area contributed by atoms with Gasteiger partial charge in [0.2, 0.25) is 0 Å². The molecule has 0 saturated carbocycles. The van der Waals surface area contributed by atoms with Crippen LogP contribution in [0, 0.1) is 0 Å². The number of methoxy groups -OCH3 is 2. The Kier molecular flexibility index (Phi) is 4.11. The van der Waals surface area contributed by atoms with Crippen molar-refractivity contribution in [3.63, 3.8) is 0 Å². The topological polar surface area (TPSA) is 70.5 Å². The van der Waals surface area contributed by atoms with Crippen LogP contribution in [0.25, 0.3) is 11.1 Å². The van der Waals surface area contributed by atoms with E-state index in [-0.39, 0.29) is 5.41 Å². The van der Waals surface area contributed by atoms with E-state index in [2.05, 4.69) is 25.9 Å². The summed E-state index contributed by atoms with van der Waals surface area (Å²) in [5.41, 5.74) is 7.59. The van der Waals surface area contributed by atoms with E-state index in [0.717, 1.165) is 23.3 Å². The fourth-order valence-electron chi connectivity index (χ4n) is 2.20. The lowest BCUT2D eigenvalue weighted by Crippen LogP contribution is -2.15. The number of nitrogens with zero attached hydrogens (tertiary/aromatic N) is 1. The van der Waals surface area contributed by atoms with Crippen molar-refractivity contribution in [1.82, 2.24) is 5.16 Å². The lowest BCUT2D eigenvalue weighted by molar-refractivity contribution is 0.313. The zero-order valence-electron chi connectivity index (χ0n) is 13.2. The molecule has 0 aliphatic heterocycles. The van der Waals surface area contributed by atoms with Crippen LogP contribution in [0.1, 0.15) is 33.0 Å². The molecule has 0 amide bonds. The summed E-state index contributed by atoms with van der Waals surface area (Å²) in [7, 11) is 3.21. The second-order valence-electron chi connectivity index (χ2n) is 5.58. The van der Waals surface area contributed by atoms with Crippen molar-refractivity contribution >= 4 is 5.82 Å². The zero-order valence-corrected chi connectivity index (χ0v) is 13.2. The molecule has 0 radical (unpaired) electrons. The Bertz CT molecular complexity index is 632. The van der Waals surface area contributed by atoms with Crippen LogP contribution in [-0.2, 0) is 5.41 Å². The molecule has 0 aliphatic rings. The minimum Gasteiger partial charge on any atom is -0.493 e. The van der Waals surface area contributed by atoms with Crippen molar-refractivity contribution in [3.05, 3.63) is 24.0 Å². The van der Waals surface area contributed by atoms with Crippen LogP contribution in [0.5, 0.6) is 11.5 Å². The highest BCUT2D eigenvalue weighted by molar-refractivity contribution is 5.78. The van der Waals surface area contributed by atoms with E-state index < -0.39 is 0 Å². The molecule has 2 rings (SSSR count). The zero-order chi connectivity index (χ0) is 15.6. The first-order chi connectivity index (χ1) is 9.94. The summed E-state index contributed by atoms with van der Waals surface area (Å²) in [5, 5.41) is 3.94. The minimum atomic E-state index is -0.146. The third-order valence-corrected chi connectivity index (χ3v) is 3.89. The van der Waals surface area contributed by atoms with Crippen LogP contribution in [0.15, 0.2) is 22.7 Å². The van der Waals surface area contributed by atoms with Crippen LogP contribution >= 0.6 is 0 Å². The van der Waals surface area contributed by atoms with Crippen LogP contribution < -0.4 is 15.2 Å². The van der Waals surface area contributed by atoms with E-state index in [1.807, 2.05) is 18.2 Å². The van der Waals surface area contributed by atoms with Crippen LogP contribution in [-0.4, -0.2) is 19.4 Å². The summed E-state index contributed by atoms with van der Waals surface area (Å²) in [6, 6.07) is 5.67. The average Bonchev–Trinajstić information content (AvgIpc) is 2.89. The molecule has 5 heteroatoms. The molecule has 5 nitrogen and oxygen atoms in total. The van der Waals surface area contributed by atoms with E-state index in [1.165, 1.54) is 0 Å². The van der Waals surface area contributed by atoms with Crippen LogP contribution in [0.3, 0.4) is 0 Å². The molecule has 0 aliphatic carbocycles. The van der Waals surface area contributed by atoms with Gasteiger partial charge in [0, 0.05) is 5.41 Å². The lowest BCUT2D eigenvalue weighted by atomic mass is 9.83. The Morgan fingerprint density at radius 2 is 1.86 bits per heavy atom. The largest absolute Gasteiger partial charge is 0.493 e. The van der Waals surface area contributed by atoms with Gasteiger partial charge in [0.05, 0.1) is 19.8 Å². The summed E-state index contributed by atoms with van der Waals surface area (Å²) in [6.45, 7) is 6.32. The number of ether oxygens (including phenoxy) is 2. The van der Waals surface area contributed by atoms with Crippen molar-refractivity contribution in [3.8, 4) is 22.6 Å². The first-order valence-corrected chi connectivity index (χ1v) is 6.92. The highest BCUT2D eigenvalue weighted by Crippen LogP contribution is 2.41. The quantitative estimate of drug-likeness (QED) is 0.910. The SMILES string of the molecule is CCC(C)(C)c1onc(N)c1-c1ccc(OC)c(OC)c1. The summed E-state index contributed by atoms with van der Waals surface area (Å²) < 4.78 is 16.1. The molecule has 0 bridgehead atoms. The number of hydrogen-bond donors (Lipinski definition) is 1. The van der Waals surface area contributed by atoms with Gasteiger partial charge in [-0.3, -0.25) is 0 Å². The summed E-state index contributed by atoms with van der Waals surface area (Å²) >= 11 is 0. The second-order valence-corrected chi connectivity index (χ2v) is 5.58. The molecule has 1 aromatic carbocycles. The highest BCUT2D eigenvalue weighted by atomic mass is 16.5. The molecule has 0 atom stereocenters. The van der Waals surface area contributed by atoms with E-state index in [1.54, 1.807) is 14.2 Å². The maximum Gasteiger partial charge on any atom is 0.175 e. The Labute approximate surface area is 125 Å². The molecule has 0 unspecified atom stereocenters. The van der Waals surface area contributed by atoms with Crippen molar-refractivity contribution in [2.24, 2.45) is 0 Å². The van der Waals surface area contributed by atoms with Crippen molar-refractivity contribution in [1.29, 1.82) is 0 Å². The Morgan fingerprint density at radius 3 is 2.43 bits per heavy atom. The van der Waals surface area contributed by atoms with Gasteiger partial charge in [-0.15, -0.1) is 0 Å². The van der Waals surface area contributed by atoms with Gasteiger partial charge in [0.1, 0.15) is 0 Å². The number of anilines is 1. The molecule has 0 fully saturated rings. The van der Waals surface area contributed by atoms with Crippen LogP contribution in [0.2, 0.25) is 0 Å². The smallest absolute Gasteiger partial charge is 0.175 e. The van der Waals surface area contributed by atoms with Gasteiger partial charge in [0.25, 0.3) is 0 Å². The normalized spacial score (nSPS) is 11.5. The van der Waals surface area contributed by atoms with E-state index in [4.69, 9.17) is 19.7 Å². The number of nitrogen functional groups attached to an aromatic ring is 1. The third kappa shape index (κ3) is 2.68. The molecular formula is C16H22N2O3. The van der Waals surface area contributed by atoms with Gasteiger partial charge in [-0.25, -0.2) is 0 Å². The van der Waals surface area contributed by atoms with Gasteiger partial charge in [-0.1, -0.05) is 32.0 Å². The van der Waals surface area contributed by atoms with Crippen molar-refractivity contribution in [2.75, 3.05) is 20.0 Å². The molecule has 1 aromatic heterocycles. The Morgan fingerprint density at radius 1 is 1.19 bits per heavy atom. The maximum atomic E-state index is 6.01. The van der Waals surface area contributed by atoms with Gasteiger partial charge in [-0.05, 0) is 24.1 Å². The molecular weight excluding hydrogens is 268 g/mol. The Balaban J connectivity index is 2.60. The third-order valence-electron chi connectivity index (χ3n) is 3.89. The Hall–Kier alpha value is -2.17. The van der Waals surface area contributed by atoms with Gasteiger partial charge in [-0.2, -0.15) is 0 Å². The monoisotopic (exact) mass is 290 g/mol. The fourth-order valence-corrected chi connectivity index (χ4v) is 2.20. The predicted octanol–water partition coefficient (Wildman–Crippen LogP) is 3.63. The second kappa shape index (κ2) is 5.68.